The monoisotopic (exact) mass is 596 g/mol. The van der Waals surface area contributed by atoms with E-state index < -0.39 is 23.7 Å². The van der Waals surface area contributed by atoms with Crippen LogP contribution in [0.15, 0.2) is 75.8 Å². The number of nitrogens with zero attached hydrogens (tertiary/aromatic N) is 2. The van der Waals surface area contributed by atoms with Crippen molar-refractivity contribution in [1.29, 1.82) is 0 Å². The Morgan fingerprint density at radius 3 is 2.76 bits per heavy atom. The van der Waals surface area contributed by atoms with Crippen LogP contribution in [0.4, 0.5) is 5.69 Å². The first-order chi connectivity index (χ1) is 21.9. The molecule has 10 heteroatoms. The van der Waals surface area contributed by atoms with Crippen molar-refractivity contribution in [2.24, 2.45) is 11.7 Å². The Morgan fingerprint density at radius 1 is 1.00 bits per heavy atom. The number of rotatable bonds is 1. The second-order valence-electron chi connectivity index (χ2n) is 12.7. The minimum Gasteiger partial charge on any atom is -0.469 e. The van der Waals surface area contributed by atoms with Crippen LogP contribution >= 0.6 is 0 Å². The van der Waals surface area contributed by atoms with Crippen molar-refractivity contribution in [1.82, 2.24) is 20.3 Å². The molecule has 3 aromatic carbocycles. The van der Waals surface area contributed by atoms with Crippen LogP contribution in [0.3, 0.4) is 0 Å². The molecule has 0 fully saturated rings. The molecule has 7 heterocycles. The molecular weight excluding hydrogens is 568 g/mol. The molecule has 10 bridgehead atoms. The Labute approximate surface area is 257 Å². The van der Waals surface area contributed by atoms with Gasteiger partial charge in [-0.2, -0.15) is 0 Å². The average Bonchev–Trinajstić information content (AvgIpc) is 3.84. The molecule has 0 radical (unpaired) electrons. The van der Waals surface area contributed by atoms with Crippen LogP contribution < -0.4 is 21.1 Å². The van der Waals surface area contributed by atoms with Crippen LogP contribution in [0, 0.1) is 5.92 Å². The van der Waals surface area contributed by atoms with E-state index in [9.17, 15) is 4.79 Å². The van der Waals surface area contributed by atoms with Crippen molar-refractivity contribution in [3.63, 3.8) is 0 Å². The molecular formula is C35H28N6O4. The van der Waals surface area contributed by atoms with Crippen LogP contribution in [0.1, 0.15) is 48.2 Å². The third kappa shape index (κ3) is 3.09. The second-order valence-corrected chi connectivity index (χ2v) is 12.7. The van der Waals surface area contributed by atoms with Crippen molar-refractivity contribution < 1.29 is 18.4 Å². The smallest absolute Gasteiger partial charge is 0.249 e. The largest absolute Gasteiger partial charge is 0.469 e. The first kappa shape index (κ1) is 25.0. The summed E-state index contributed by atoms with van der Waals surface area (Å²) in [4.78, 5) is 26.7. The lowest BCUT2D eigenvalue weighted by Gasteiger charge is -2.28. The third-order valence-corrected chi connectivity index (χ3v) is 9.87. The van der Waals surface area contributed by atoms with E-state index in [2.05, 4.69) is 58.1 Å². The lowest BCUT2D eigenvalue weighted by atomic mass is 9.72. The van der Waals surface area contributed by atoms with Crippen molar-refractivity contribution in [2.45, 2.75) is 44.0 Å². The number of hydrogen-bond acceptors (Lipinski definition) is 8. The lowest BCUT2D eigenvalue weighted by molar-refractivity contribution is -0.123. The van der Waals surface area contributed by atoms with Crippen LogP contribution in [0.5, 0.6) is 5.75 Å². The molecule has 10 rings (SSSR count). The van der Waals surface area contributed by atoms with Gasteiger partial charge in [0, 0.05) is 45.0 Å². The number of amides is 1. The molecule has 0 saturated heterocycles. The van der Waals surface area contributed by atoms with E-state index in [1.165, 1.54) is 0 Å². The Balaban J connectivity index is 1.39. The molecule has 3 aromatic heterocycles. The third-order valence-electron chi connectivity index (χ3n) is 9.87. The summed E-state index contributed by atoms with van der Waals surface area (Å²) in [6.45, 7) is 4.04. The number of fused-ring (bicyclic) bond motifs is 7. The van der Waals surface area contributed by atoms with Gasteiger partial charge in [0.25, 0.3) is 0 Å². The highest BCUT2D eigenvalue weighted by molar-refractivity contribution is 6.07. The maximum Gasteiger partial charge on any atom is 0.249 e. The molecule has 4 aliphatic rings. The molecule has 1 amide bonds. The number of carbonyl (C=O) groups is 1. The van der Waals surface area contributed by atoms with Crippen LogP contribution in [-0.2, 0) is 16.6 Å². The first-order valence-corrected chi connectivity index (χ1v) is 15.3. The Bertz CT molecular complexity index is 2240. The lowest BCUT2D eigenvalue weighted by Crippen LogP contribution is -2.45. The number of benzene rings is 3. The summed E-state index contributed by atoms with van der Waals surface area (Å²) in [6, 6.07) is 17.3. The zero-order valence-electron chi connectivity index (χ0n) is 24.5. The quantitative estimate of drug-likeness (QED) is 0.191. The van der Waals surface area contributed by atoms with Crippen molar-refractivity contribution in [3.05, 3.63) is 95.3 Å². The van der Waals surface area contributed by atoms with E-state index in [1.807, 2.05) is 32.2 Å². The fourth-order valence-electron chi connectivity index (χ4n) is 7.77. The number of nitrogens with two attached hydrogens (primary N) is 1. The number of carbonyl (C=O) groups excluding carboxylic acids is 1. The highest BCUT2D eigenvalue weighted by Crippen LogP contribution is 2.61. The predicted octanol–water partition coefficient (Wildman–Crippen LogP) is 5.63. The maximum absolute atomic E-state index is 13.4. The van der Waals surface area contributed by atoms with Gasteiger partial charge in [-0.05, 0) is 35.6 Å². The molecule has 4 atom stereocenters. The number of oxazole rings is 2. The normalized spacial score (nSPS) is 23.6. The average molecular weight is 597 g/mol. The SMILES string of the molecule is CC(C)[C@@H]1NC(=O)[C@@H](N)Cc2ccc3c(c2)C24c5cccc(c5N[C@H]2O3)-c2cccc3[nH]cc(c23)-c2cnc(o2)-c2nc1oc24. The number of ether oxygens (including phenoxy) is 1. The molecule has 5 N–H and O–H groups in total. The van der Waals surface area contributed by atoms with E-state index in [1.54, 1.807) is 6.20 Å². The molecule has 1 unspecified atom stereocenters. The van der Waals surface area contributed by atoms with Gasteiger partial charge in [0.05, 0.1) is 12.2 Å². The summed E-state index contributed by atoms with van der Waals surface area (Å²) in [7, 11) is 0. The highest BCUT2D eigenvalue weighted by atomic mass is 16.5. The standard InChI is InChI=1S/C35H28N6O4/c1-15(2)27-33-40-29-30(45-33)35-20-7-3-6-18(17-5-4-8-23-26(17)19(13-37-23)25-14-38-32(29)43-25)28(20)41-34(35)44-24-10-9-16(11-21(24)35)12-22(36)31(42)39-27/h3-11,13-15,22,27,34,37,41H,12,36H2,1-2H3,(H,39,42)/t22-,27-,34-,35?/m0/s1. The summed E-state index contributed by atoms with van der Waals surface area (Å²) >= 11 is 0. The second kappa shape index (κ2) is 8.42. The van der Waals surface area contributed by atoms with E-state index in [0.29, 0.717) is 35.4 Å². The Kier molecular flexibility index (Phi) is 4.68. The Morgan fingerprint density at radius 2 is 1.87 bits per heavy atom. The first-order valence-electron chi connectivity index (χ1n) is 15.3. The highest BCUT2D eigenvalue weighted by Gasteiger charge is 2.61. The fraction of sp³-hybridized carbons (Fsp3) is 0.229. The molecule has 1 spiro atoms. The summed E-state index contributed by atoms with van der Waals surface area (Å²) in [5, 5.41) is 7.93. The minimum atomic E-state index is -0.950. The van der Waals surface area contributed by atoms with E-state index in [-0.39, 0.29) is 11.8 Å². The zero-order valence-corrected chi connectivity index (χ0v) is 24.5. The summed E-state index contributed by atoms with van der Waals surface area (Å²) in [6.07, 6.45) is 3.51. The molecule has 0 aliphatic carbocycles. The molecule has 0 saturated carbocycles. The fourth-order valence-corrected chi connectivity index (χ4v) is 7.77. The number of hydrogen-bond donors (Lipinski definition) is 4. The van der Waals surface area contributed by atoms with Gasteiger partial charge in [0.15, 0.2) is 23.4 Å². The van der Waals surface area contributed by atoms with Crippen LogP contribution in [-0.4, -0.2) is 33.1 Å². The molecule has 45 heavy (non-hydrogen) atoms. The van der Waals surface area contributed by atoms with Gasteiger partial charge >= 0.3 is 0 Å². The van der Waals surface area contributed by atoms with Gasteiger partial charge in [0.1, 0.15) is 17.2 Å². The van der Waals surface area contributed by atoms with Gasteiger partial charge in [-0.3, -0.25) is 4.79 Å². The molecule has 10 nitrogen and oxygen atoms in total. The predicted molar refractivity (Wildman–Crippen MR) is 166 cm³/mol. The number of aromatic amines is 1. The summed E-state index contributed by atoms with van der Waals surface area (Å²) in [5.41, 5.74) is 13.8. The van der Waals surface area contributed by atoms with Gasteiger partial charge in [-0.15, -0.1) is 0 Å². The van der Waals surface area contributed by atoms with Crippen molar-refractivity contribution in [2.75, 3.05) is 5.32 Å². The van der Waals surface area contributed by atoms with E-state index in [4.69, 9.17) is 29.3 Å². The van der Waals surface area contributed by atoms with Crippen molar-refractivity contribution >= 4 is 22.5 Å². The van der Waals surface area contributed by atoms with Crippen molar-refractivity contribution in [3.8, 4) is 39.8 Å². The molecule has 6 aromatic rings. The number of nitrogens with one attached hydrogen (secondary N) is 3. The number of H-pyrrole nitrogens is 1. The van der Waals surface area contributed by atoms with Gasteiger partial charge < -0.3 is 34.9 Å². The van der Waals surface area contributed by atoms with Gasteiger partial charge in [-0.25, -0.2) is 9.97 Å². The summed E-state index contributed by atoms with van der Waals surface area (Å²) in [5.74, 6) is 2.25. The maximum atomic E-state index is 13.4. The molecule has 4 aliphatic heterocycles. The minimum absolute atomic E-state index is 0.0459. The van der Waals surface area contributed by atoms with Crippen LogP contribution in [0.25, 0.3) is 44.9 Å². The number of aromatic nitrogens is 3. The van der Waals surface area contributed by atoms with Gasteiger partial charge in [0.2, 0.25) is 17.7 Å². The summed E-state index contributed by atoms with van der Waals surface area (Å²) < 4.78 is 20.2. The molecule has 222 valence electrons. The van der Waals surface area contributed by atoms with Crippen LogP contribution in [0.2, 0.25) is 0 Å². The Hall–Kier alpha value is -5.35. The zero-order chi connectivity index (χ0) is 30.2. The van der Waals surface area contributed by atoms with E-state index >= 15 is 0 Å². The number of para-hydroxylation sites is 1. The van der Waals surface area contributed by atoms with E-state index in [0.717, 1.165) is 55.7 Å². The number of anilines is 1. The topological polar surface area (TPSA) is 144 Å². The van der Waals surface area contributed by atoms with Gasteiger partial charge in [-0.1, -0.05) is 56.3 Å².